The Morgan fingerprint density at radius 1 is 1.07 bits per heavy atom. The lowest BCUT2D eigenvalue weighted by molar-refractivity contribution is -0.140. The molecule has 0 aliphatic heterocycles. The van der Waals surface area contributed by atoms with Gasteiger partial charge in [-0.25, -0.2) is 0 Å². The Morgan fingerprint density at radius 2 is 1.70 bits per heavy atom. The highest BCUT2D eigenvalue weighted by Crippen LogP contribution is 2.38. The van der Waals surface area contributed by atoms with Gasteiger partial charge in [-0.15, -0.1) is 0 Å². The number of ether oxygens (including phenoxy) is 1. The SMILES string of the molecule is CCNc1cc(COc2c(Br)cc(NC(=O)CC(=O)O)cc2Br)cc(C(F)(F)F)c1. The molecule has 0 bridgehead atoms. The summed E-state index contributed by atoms with van der Waals surface area (Å²) >= 11 is 6.57. The van der Waals surface area contributed by atoms with Gasteiger partial charge in [-0.2, -0.15) is 13.2 Å². The minimum Gasteiger partial charge on any atom is -0.487 e. The van der Waals surface area contributed by atoms with Crippen LogP contribution in [0.3, 0.4) is 0 Å². The molecule has 30 heavy (non-hydrogen) atoms. The number of benzene rings is 2. The summed E-state index contributed by atoms with van der Waals surface area (Å²) in [7, 11) is 0. The number of halogens is 5. The number of hydrogen-bond acceptors (Lipinski definition) is 4. The molecule has 2 aromatic carbocycles. The van der Waals surface area contributed by atoms with Gasteiger partial charge in [0.05, 0.1) is 14.5 Å². The fourth-order valence-corrected chi connectivity index (χ4v) is 3.93. The molecule has 0 aliphatic rings. The summed E-state index contributed by atoms with van der Waals surface area (Å²) in [6, 6.07) is 6.61. The van der Waals surface area contributed by atoms with E-state index in [0.717, 1.165) is 12.1 Å². The number of hydrogen-bond donors (Lipinski definition) is 3. The first-order valence-corrected chi connectivity index (χ1v) is 10.2. The van der Waals surface area contributed by atoms with Gasteiger partial charge in [0.25, 0.3) is 0 Å². The Bertz CT molecular complexity index is 929. The summed E-state index contributed by atoms with van der Waals surface area (Å²) < 4.78 is 46.0. The number of nitrogens with one attached hydrogen (secondary N) is 2. The second-order valence-electron chi connectivity index (χ2n) is 6.12. The van der Waals surface area contributed by atoms with Crippen molar-refractivity contribution in [1.82, 2.24) is 0 Å². The predicted molar refractivity (Wildman–Crippen MR) is 113 cm³/mol. The molecule has 0 fully saturated rings. The molecule has 3 N–H and O–H groups in total. The van der Waals surface area contributed by atoms with Crippen molar-refractivity contribution in [3.05, 3.63) is 50.4 Å². The molecular weight excluding hydrogens is 537 g/mol. The van der Waals surface area contributed by atoms with Crippen molar-refractivity contribution in [2.75, 3.05) is 17.2 Å². The van der Waals surface area contributed by atoms with Crippen LogP contribution in [0.5, 0.6) is 5.75 Å². The maximum absolute atomic E-state index is 13.2. The average Bonchev–Trinajstić information content (AvgIpc) is 2.59. The first kappa shape index (κ1) is 24.0. The normalized spacial score (nSPS) is 11.1. The number of carbonyl (C=O) groups excluding carboxylic acids is 1. The summed E-state index contributed by atoms with van der Waals surface area (Å²) in [6.45, 7) is 2.11. The van der Waals surface area contributed by atoms with Crippen LogP contribution in [0.25, 0.3) is 0 Å². The maximum Gasteiger partial charge on any atom is 0.416 e. The number of carboxylic acid groups (broad SMARTS) is 1. The first-order chi connectivity index (χ1) is 14.0. The Balaban J connectivity index is 2.20. The molecule has 6 nitrogen and oxygen atoms in total. The van der Waals surface area contributed by atoms with Crippen LogP contribution in [0, 0.1) is 0 Å². The number of alkyl halides is 3. The van der Waals surface area contributed by atoms with Crippen molar-refractivity contribution in [3.63, 3.8) is 0 Å². The summed E-state index contributed by atoms with van der Waals surface area (Å²) in [4.78, 5) is 22.2. The van der Waals surface area contributed by atoms with E-state index in [1.165, 1.54) is 12.1 Å². The summed E-state index contributed by atoms with van der Waals surface area (Å²) in [5.74, 6) is -1.65. The lowest BCUT2D eigenvalue weighted by Crippen LogP contribution is -2.16. The Hall–Kier alpha value is -2.27. The molecule has 0 spiro atoms. The smallest absolute Gasteiger partial charge is 0.416 e. The van der Waals surface area contributed by atoms with Crippen LogP contribution in [-0.4, -0.2) is 23.5 Å². The second-order valence-corrected chi connectivity index (χ2v) is 7.83. The standard InChI is InChI=1S/C19H17Br2F3N2O4/c1-2-25-12-4-10(3-11(5-12)19(22,23)24)9-30-18-14(20)6-13(7-15(18)21)26-16(27)8-17(28)29/h3-7,25H,2,8-9H2,1H3,(H,26,27)(H,28,29). The van der Waals surface area contributed by atoms with Crippen LogP contribution < -0.4 is 15.4 Å². The van der Waals surface area contributed by atoms with Crippen LogP contribution in [-0.2, 0) is 22.4 Å². The van der Waals surface area contributed by atoms with Gasteiger partial charge >= 0.3 is 12.1 Å². The molecule has 2 rings (SSSR count). The van der Waals surface area contributed by atoms with Crippen molar-refractivity contribution in [2.24, 2.45) is 0 Å². The van der Waals surface area contributed by atoms with Crippen molar-refractivity contribution >= 4 is 55.1 Å². The van der Waals surface area contributed by atoms with Crippen molar-refractivity contribution in [2.45, 2.75) is 26.1 Å². The quantitative estimate of drug-likeness (QED) is 0.367. The topological polar surface area (TPSA) is 87.7 Å². The highest BCUT2D eigenvalue weighted by Gasteiger charge is 2.31. The number of carbonyl (C=O) groups is 2. The molecule has 0 aliphatic carbocycles. The largest absolute Gasteiger partial charge is 0.487 e. The highest BCUT2D eigenvalue weighted by atomic mass is 79.9. The van der Waals surface area contributed by atoms with E-state index < -0.39 is 30.0 Å². The molecule has 0 aromatic heterocycles. The number of amides is 1. The van der Waals surface area contributed by atoms with E-state index >= 15 is 0 Å². The Kier molecular flexibility index (Phi) is 8.13. The van der Waals surface area contributed by atoms with Crippen LogP contribution in [0.1, 0.15) is 24.5 Å². The number of rotatable bonds is 8. The molecule has 0 heterocycles. The number of anilines is 2. The highest BCUT2D eigenvalue weighted by molar-refractivity contribution is 9.11. The van der Waals surface area contributed by atoms with Gasteiger partial charge in [0.1, 0.15) is 18.8 Å². The number of aliphatic carboxylic acids is 1. The lowest BCUT2D eigenvalue weighted by atomic mass is 10.1. The molecule has 0 unspecified atom stereocenters. The van der Waals surface area contributed by atoms with Gasteiger partial charge in [-0.1, -0.05) is 0 Å². The maximum atomic E-state index is 13.2. The van der Waals surface area contributed by atoms with Gasteiger partial charge in [-0.3, -0.25) is 9.59 Å². The molecule has 0 saturated heterocycles. The van der Waals surface area contributed by atoms with E-state index in [4.69, 9.17) is 9.84 Å². The fraction of sp³-hybridized carbons (Fsp3) is 0.263. The van der Waals surface area contributed by atoms with Crippen LogP contribution in [0.4, 0.5) is 24.5 Å². The van der Waals surface area contributed by atoms with E-state index in [2.05, 4.69) is 42.5 Å². The zero-order valence-electron chi connectivity index (χ0n) is 15.6. The molecule has 11 heteroatoms. The van der Waals surface area contributed by atoms with Gasteiger partial charge in [0.2, 0.25) is 5.91 Å². The first-order valence-electron chi connectivity index (χ1n) is 8.58. The van der Waals surface area contributed by atoms with Crippen LogP contribution in [0.15, 0.2) is 39.3 Å². The third-order valence-electron chi connectivity index (χ3n) is 3.68. The van der Waals surface area contributed by atoms with E-state index in [9.17, 15) is 22.8 Å². The predicted octanol–water partition coefficient (Wildman–Crippen LogP) is 5.65. The Labute approximate surface area is 187 Å². The molecule has 2 aromatic rings. The molecule has 1 amide bonds. The van der Waals surface area contributed by atoms with Gasteiger partial charge in [0, 0.05) is 17.9 Å². The molecule has 0 atom stereocenters. The molecule has 0 saturated carbocycles. The van der Waals surface area contributed by atoms with E-state index in [0.29, 0.717) is 38.2 Å². The Morgan fingerprint density at radius 3 is 2.23 bits per heavy atom. The van der Waals surface area contributed by atoms with E-state index in [1.807, 2.05) is 0 Å². The zero-order chi connectivity index (χ0) is 22.5. The molecular formula is C19H17Br2F3N2O4. The minimum absolute atomic E-state index is 0.135. The summed E-state index contributed by atoms with van der Waals surface area (Å²) in [5.41, 5.74) is 0.189. The van der Waals surface area contributed by atoms with Gasteiger partial charge < -0.3 is 20.5 Å². The third kappa shape index (κ3) is 6.91. The molecule has 162 valence electrons. The van der Waals surface area contributed by atoms with Gasteiger partial charge in [0.15, 0.2) is 0 Å². The van der Waals surface area contributed by atoms with Crippen LogP contribution >= 0.6 is 31.9 Å². The fourth-order valence-electron chi connectivity index (χ4n) is 2.51. The van der Waals surface area contributed by atoms with E-state index in [1.54, 1.807) is 13.0 Å². The van der Waals surface area contributed by atoms with Crippen molar-refractivity contribution < 1.29 is 32.6 Å². The summed E-state index contributed by atoms with van der Waals surface area (Å²) in [5, 5.41) is 13.9. The van der Waals surface area contributed by atoms with Crippen molar-refractivity contribution in [1.29, 1.82) is 0 Å². The zero-order valence-corrected chi connectivity index (χ0v) is 18.7. The monoisotopic (exact) mass is 552 g/mol. The summed E-state index contributed by atoms with van der Waals surface area (Å²) in [6.07, 6.45) is -5.17. The lowest BCUT2D eigenvalue weighted by Gasteiger charge is -2.15. The average molecular weight is 554 g/mol. The van der Waals surface area contributed by atoms with Crippen LogP contribution in [0.2, 0.25) is 0 Å². The van der Waals surface area contributed by atoms with Crippen molar-refractivity contribution in [3.8, 4) is 5.75 Å². The molecule has 0 radical (unpaired) electrons. The third-order valence-corrected chi connectivity index (χ3v) is 4.86. The number of carboxylic acids is 1. The van der Waals surface area contributed by atoms with Gasteiger partial charge in [-0.05, 0) is 74.7 Å². The second kappa shape index (κ2) is 10.2. The minimum atomic E-state index is -4.49. The van der Waals surface area contributed by atoms with E-state index in [-0.39, 0.29) is 6.61 Å².